The number of quaternary nitrogens is 1. The van der Waals surface area contributed by atoms with Gasteiger partial charge in [-0.2, -0.15) is 0 Å². The van der Waals surface area contributed by atoms with Gasteiger partial charge in [0.1, 0.15) is 13.2 Å². The molecule has 8 heteroatoms. The van der Waals surface area contributed by atoms with Crippen LogP contribution in [-0.4, -0.2) is 67.5 Å². The Labute approximate surface area is 191 Å². The number of hydrogen-bond acceptors (Lipinski definition) is 5. The minimum Gasteiger partial charge on any atom is -0.387 e. The van der Waals surface area contributed by atoms with Crippen molar-refractivity contribution in [2.45, 2.75) is 90.2 Å². The van der Waals surface area contributed by atoms with Crippen LogP contribution in [0.3, 0.4) is 0 Å². The second-order valence-corrected chi connectivity index (χ2v) is 11.2. The molecule has 0 saturated carbocycles. The fourth-order valence-electron chi connectivity index (χ4n) is 3.07. The lowest BCUT2D eigenvalue weighted by molar-refractivity contribution is -0.870. The van der Waals surface area contributed by atoms with Crippen LogP contribution in [-0.2, 0) is 13.6 Å². The van der Waals surface area contributed by atoms with Crippen LogP contribution in [0.2, 0.25) is 0 Å². The quantitative estimate of drug-likeness (QED) is 0.105. The Bertz CT molecular complexity index is 511. The fourth-order valence-corrected chi connectivity index (χ4v) is 3.81. The third-order valence-corrected chi connectivity index (χ3v) is 6.27. The van der Waals surface area contributed by atoms with Crippen LogP contribution < -0.4 is 5.73 Å². The van der Waals surface area contributed by atoms with E-state index in [2.05, 4.69) is 13.8 Å². The van der Waals surface area contributed by atoms with Gasteiger partial charge in [-0.1, -0.05) is 83.8 Å². The molecule has 4 unspecified atom stereocenters. The Morgan fingerprint density at radius 2 is 1.52 bits per heavy atom. The topological polar surface area (TPSA) is 102 Å². The molecule has 4 N–H and O–H groups in total. The summed E-state index contributed by atoms with van der Waals surface area (Å²) in [5.74, 6) is 0.357. The van der Waals surface area contributed by atoms with Crippen molar-refractivity contribution in [3.05, 3.63) is 12.2 Å². The van der Waals surface area contributed by atoms with Gasteiger partial charge in [0.25, 0.3) is 0 Å². The van der Waals surface area contributed by atoms with Crippen LogP contribution in [0.1, 0.15) is 78.1 Å². The second kappa shape index (κ2) is 17.2. The number of phosphoric acid groups is 1. The van der Waals surface area contributed by atoms with Crippen molar-refractivity contribution in [3.63, 3.8) is 0 Å². The van der Waals surface area contributed by atoms with Crippen molar-refractivity contribution >= 4 is 7.82 Å². The number of rotatable bonds is 20. The second-order valence-electron chi connectivity index (χ2n) is 9.75. The lowest BCUT2D eigenvalue weighted by Gasteiger charge is -2.24. The zero-order valence-corrected chi connectivity index (χ0v) is 21.6. The van der Waals surface area contributed by atoms with Crippen molar-refractivity contribution in [1.29, 1.82) is 0 Å². The van der Waals surface area contributed by atoms with Crippen molar-refractivity contribution < 1.29 is 28.1 Å². The average molecular weight is 466 g/mol. The zero-order valence-electron chi connectivity index (χ0n) is 20.7. The molecule has 0 aromatic carbocycles. The molecule has 31 heavy (non-hydrogen) atoms. The Morgan fingerprint density at radius 3 is 2.06 bits per heavy atom. The molecule has 0 rings (SSSR count). The molecule has 7 nitrogen and oxygen atoms in total. The van der Waals surface area contributed by atoms with E-state index < -0.39 is 20.0 Å². The molecule has 0 spiro atoms. The molecule has 0 aromatic heterocycles. The van der Waals surface area contributed by atoms with Gasteiger partial charge in [0.05, 0.1) is 39.9 Å². The molecule has 4 atom stereocenters. The first-order chi connectivity index (χ1) is 14.5. The first kappa shape index (κ1) is 30.7. The van der Waals surface area contributed by atoms with Gasteiger partial charge in [0, 0.05) is 0 Å². The maximum atomic E-state index is 11.9. The minimum absolute atomic E-state index is 0.103. The summed E-state index contributed by atoms with van der Waals surface area (Å²) in [6, 6.07) is -0.793. The minimum atomic E-state index is -4.17. The van der Waals surface area contributed by atoms with Gasteiger partial charge < -0.3 is 20.2 Å². The summed E-state index contributed by atoms with van der Waals surface area (Å²) in [5, 5.41) is 10.2. The molecule has 0 radical (unpaired) electrons. The van der Waals surface area contributed by atoms with E-state index in [-0.39, 0.29) is 13.2 Å². The maximum Gasteiger partial charge on any atom is 0.472 e. The molecule has 0 saturated heterocycles. The van der Waals surface area contributed by atoms with Crippen LogP contribution in [0.4, 0.5) is 0 Å². The average Bonchev–Trinajstić information content (AvgIpc) is 2.67. The molecule has 0 aliphatic heterocycles. The molecule has 0 aliphatic carbocycles. The number of aliphatic hydroxyl groups is 1. The van der Waals surface area contributed by atoms with Crippen LogP contribution in [0.15, 0.2) is 12.2 Å². The van der Waals surface area contributed by atoms with Gasteiger partial charge in [-0.15, -0.1) is 0 Å². The van der Waals surface area contributed by atoms with Crippen LogP contribution in [0, 0.1) is 5.92 Å². The number of likely N-dealkylation sites (N-methyl/N-ethyl adjacent to an activating group) is 1. The van der Waals surface area contributed by atoms with E-state index in [0.717, 1.165) is 6.42 Å². The summed E-state index contributed by atoms with van der Waals surface area (Å²) < 4.78 is 22.4. The summed E-state index contributed by atoms with van der Waals surface area (Å²) in [4.78, 5) is 9.72. The van der Waals surface area contributed by atoms with Crippen LogP contribution in [0.5, 0.6) is 0 Å². The van der Waals surface area contributed by atoms with E-state index in [9.17, 15) is 14.6 Å². The van der Waals surface area contributed by atoms with E-state index in [0.29, 0.717) is 16.9 Å². The number of hydrogen-bond donors (Lipinski definition) is 3. The third-order valence-electron chi connectivity index (χ3n) is 5.29. The van der Waals surface area contributed by atoms with E-state index in [1.807, 2.05) is 27.2 Å². The number of allylic oxidation sites excluding steroid dienone is 1. The Kier molecular flexibility index (Phi) is 17.1. The Morgan fingerprint density at radius 1 is 0.968 bits per heavy atom. The number of nitrogens with two attached hydrogens (primary N) is 1. The van der Waals surface area contributed by atoms with Crippen molar-refractivity contribution in [1.82, 2.24) is 0 Å². The summed E-state index contributed by atoms with van der Waals surface area (Å²) >= 11 is 0. The first-order valence-corrected chi connectivity index (χ1v) is 13.5. The molecule has 0 fully saturated rings. The van der Waals surface area contributed by atoms with Gasteiger partial charge in [-0.25, -0.2) is 4.57 Å². The highest BCUT2D eigenvalue weighted by Crippen LogP contribution is 2.43. The van der Waals surface area contributed by atoms with E-state index in [1.165, 1.54) is 57.8 Å². The van der Waals surface area contributed by atoms with Crippen molar-refractivity contribution in [2.24, 2.45) is 11.7 Å². The Balaban J connectivity index is 3.95. The highest BCUT2D eigenvalue weighted by molar-refractivity contribution is 7.47. The van der Waals surface area contributed by atoms with Crippen molar-refractivity contribution in [3.8, 4) is 0 Å². The molecule has 0 amide bonds. The molecule has 0 heterocycles. The number of unbranched alkanes of at least 4 members (excludes halogenated alkanes) is 8. The Hall–Kier alpha value is -0.270. The predicted octanol–water partition coefficient (Wildman–Crippen LogP) is 4.63. The molecular weight excluding hydrogens is 415 g/mol. The summed E-state index contributed by atoms with van der Waals surface area (Å²) in [6.45, 7) is 4.79. The van der Waals surface area contributed by atoms with E-state index in [1.54, 1.807) is 6.08 Å². The molecule has 0 aliphatic rings. The van der Waals surface area contributed by atoms with Gasteiger partial charge in [-0.05, 0) is 12.3 Å². The summed E-state index contributed by atoms with van der Waals surface area (Å²) in [5.41, 5.74) is 5.89. The molecule has 0 bridgehead atoms. The van der Waals surface area contributed by atoms with Crippen LogP contribution in [0.25, 0.3) is 0 Å². The summed E-state index contributed by atoms with van der Waals surface area (Å²) in [6.07, 6.45) is 15.6. The highest BCUT2D eigenvalue weighted by atomic mass is 31.2. The lowest BCUT2D eigenvalue weighted by Crippen LogP contribution is -2.38. The third kappa shape index (κ3) is 20.1. The largest absolute Gasteiger partial charge is 0.472 e. The lowest BCUT2D eigenvalue weighted by atomic mass is 10.00. The van der Waals surface area contributed by atoms with E-state index in [4.69, 9.17) is 14.8 Å². The van der Waals surface area contributed by atoms with E-state index >= 15 is 0 Å². The van der Waals surface area contributed by atoms with Gasteiger partial charge in [-0.3, -0.25) is 9.05 Å². The zero-order chi connectivity index (χ0) is 23.8. The maximum absolute atomic E-state index is 11.9. The summed E-state index contributed by atoms with van der Waals surface area (Å²) in [7, 11) is 1.71. The van der Waals surface area contributed by atoms with Crippen molar-refractivity contribution in [2.75, 3.05) is 40.9 Å². The highest BCUT2D eigenvalue weighted by Gasteiger charge is 2.25. The van der Waals surface area contributed by atoms with Gasteiger partial charge in [0.15, 0.2) is 0 Å². The fraction of sp³-hybridized carbons (Fsp3) is 0.913. The van der Waals surface area contributed by atoms with Gasteiger partial charge >= 0.3 is 7.82 Å². The smallest absolute Gasteiger partial charge is 0.387 e. The molecular formula is C23H50N2O5P+. The normalized spacial score (nSPS) is 17.5. The number of aliphatic hydroxyl groups excluding tert-OH is 1. The standard InChI is InChI=1S/C23H49N2O5P/c1-6-7-8-9-10-11-12-13-14-15-21(2)16-17-23(26)22(24)20-30-31(27,28)29-19-18-25(3,4)5/h16-17,21-23,26H,6-15,18-20,24H2,1-5H3/p+1. The first-order valence-electron chi connectivity index (χ1n) is 12.0. The van der Waals surface area contributed by atoms with Gasteiger partial charge in [0.2, 0.25) is 0 Å². The number of nitrogens with zero attached hydrogens (tertiary/aromatic N) is 1. The SMILES string of the molecule is CCCCCCCCCCCC(C)C=CC(O)C(N)COP(=O)(O)OCC[N+](C)(C)C. The van der Waals surface area contributed by atoms with Crippen LogP contribution >= 0.6 is 7.82 Å². The molecule has 0 aromatic rings. The monoisotopic (exact) mass is 465 g/mol. The molecule has 186 valence electrons. The number of phosphoric ester groups is 1. The predicted molar refractivity (Wildman–Crippen MR) is 129 cm³/mol.